The maximum Gasteiger partial charge on any atom is 0.490 e. The standard InChI is InChI=1S/C21H23ClN4O3.C2HF3O2/c1-3-28-16-6-4-5-14(11-16)21(27)25-15-7-8-19(29-10-9-23)17(12-15)20-18(22)13-24-26(20)2;3-2(4,5)1(6)7/h4-8,11-13H,3,9-10,23H2,1-2H3,(H,25,27);(H,6,7). The molecule has 0 fully saturated rings. The monoisotopic (exact) mass is 528 g/mol. The molecule has 1 amide bonds. The Kier molecular flexibility index (Phi) is 10.1. The van der Waals surface area contributed by atoms with E-state index in [-0.39, 0.29) is 5.91 Å². The molecule has 0 atom stereocenters. The number of aromatic nitrogens is 2. The number of carboxylic acids is 1. The lowest BCUT2D eigenvalue weighted by atomic mass is 10.1. The second-order valence-electron chi connectivity index (χ2n) is 7.03. The molecular weight excluding hydrogens is 505 g/mol. The lowest BCUT2D eigenvalue weighted by Crippen LogP contribution is -2.21. The zero-order valence-corrected chi connectivity index (χ0v) is 20.1. The Hall–Kier alpha value is -3.77. The molecule has 194 valence electrons. The summed E-state index contributed by atoms with van der Waals surface area (Å²) in [5.74, 6) is -1.75. The van der Waals surface area contributed by atoms with Crippen LogP contribution < -0.4 is 20.5 Å². The Balaban J connectivity index is 0.000000572. The molecule has 0 spiro atoms. The predicted octanol–water partition coefficient (Wildman–Crippen LogP) is 4.36. The second-order valence-corrected chi connectivity index (χ2v) is 7.44. The van der Waals surface area contributed by atoms with Crippen LogP contribution in [0.3, 0.4) is 0 Å². The number of hydrogen-bond acceptors (Lipinski definition) is 6. The number of ether oxygens (including phenoxy) is 2. The molecule has 0 saturated heterocycles. The van der Waals surface area contributed by atoms with Crippen molar-refractivity contribution in [1.29, 1.82) is 0 Å². The van der Waals surface area contributed by atoms with Crippen LogP contribution in [0.2, 0.25) is 5.02 Å². The molecule has 0 aliphatic rings. The molecule has 1 heterocycles. The number of alkyl halides is 3. The van der Waals surface area contributed by atoms with E-state index in [1.54, 1.807) is 54.3 Å². The predicted molar refractivity (Wildman–Crippen MR) is 127 cm³/mol. The number of nitrogens with two attached hydrogens (primary N) is 1. The highest BCUT2D eigenvalue weighted by Crippen LogP contribution is 2.36. The van der Waals surface area contributed by atoms with Crippen molar-refractivity contribution in [3.8, 4) is 22.8 Å². The number of amides is 1. The van der Waals surface area contributed by atoms with E-state index in [9.17, 15) is 18.0 Å². The topological polar surface area (TPSA) is 129 Å². The van der Waals surface area contributed by atoms with Gasteiger partial charge < -0.3 is 25.6 Å². The summed E-state index contributed by atoms with van der Waals surface area (Å²) in [5.41, 5.74) is 8.06. The lowest BCUT2D eigenvalue weighted by Gasteiger charge is -2.14. The number of nitrogens with one attached hydrogen (secondary N) is 1. The first-order valence-corrected chi connectivity index (χ1v) is 10.8. The van der Waals surface area contributed by atoms with Crippen molar-refractivity contribution in [2.45, 2.75) is 13.1 Å². The lowest BCUT2D eigenvalue weighted by molar-refractivity contribution is -0.192. The first-order chi connectivity index (χ1) is 17.0. The van der Waals surface area contributed by atoms with Gasteiger partial charge >= 0.3 is 12.1 Å². The number of carboxylic acid groups (broad SMARTS) is 1. The molecule has 0 bridgehead atoms. The summed E-state index contributed by atoms with van der Waals surface area (Å²) < 4.78 is 44.6. The average molecular weight is 529 g/mol. The summed E-state index contributed by atoms with van der Waals surface area (Å²) in [4.78, 5) is 21.6. The quantitative estimate of drug-likeness (QED) is 0.396. The number of benzene rings is 2. The first-order valence-electron chi connectivity index (χ1n) is 10.5. The highest BCUT2D eigenvalue weighted by molar-refractivity contribution is 6.33. The van der Waals surface area contributed by atoms with Crippen LogP contribution in [-0.2, 0) is 11.8 Å². The van der Waals surface area contributed by atoms with E-state index in [4.69, 9.17) is 36.7 Å². The number of aliphatic carboxylic acids is 1. The molecule has 36 heavy (non-hydrogen) atoms. The fourth-order valence-corrected chi connectivity index (χ4v) is 3.17. The van der Waals surface area contributed by atoms with Gasteiger partial charge in [-0.3, -0.25) is 9.48 Å². The van der Waals surface area contributed by atoms with Gasteiger partial charge in [-0.25, -0.2) is 4.79 Å². The summed E-state index contributed by atoms with van der Waals surface area (Å²) in [6.45, 7) is 3.17. The van der Waals surface area contributed by atoms with Gasteiger partial charge in [-0.2, -0.15) is 18.3 Å². The Morgan fingerprint density at radius 1 is 1.19 bits per heavy atom. The molecule has 0 aliphatic carbocycles. The number of carbonyl (C=O) groups excluding carboxylic acids is 1. The van der Waals surface area contributed by atoms with Crippen LogP contribution in [0.4, 0.5) is 18.9 Å². The van der Waals surface area contributed by atoms with Gasteiger partial charge in [0.2, 0.25) is 0 Å². The molecule has 1 aromatic heterocycles. The molecule has 13 heteroatoms. The van der Waals surface area contributed by atoms with Gasteiger partial charge in [0, 0.05) is 30.4 Å². The smallest absolute Gasteiger partial charge is 0.490 e. The number of nitrogens with zero attached hydrogens (tertiary/aromatic N) is 2. The van der Waals surface area contributed by atoms with Crippen LogP contribution in [0.5, 0.6) is 11.5 Å². The van der Waals surface area contributed by atoms with Gasteiger partial charge in [0.1, 0.15) is 18.1 Å². The van der Waals surface area contributed by atoms with Crippen molar-refractivity contribution in [3.63, 3.8) is 0 Å². The normalized spacial score (nSPS) is 10.8. The molecular formula is C23H24ClF3N4O5. The van der Waals surface area contributed by atoms with Crippen molar-refractivity contribution in [2.75, 3.05) is 25.1 Å². The van der Waals surface area contributed by atoms with E-state index in [1.165, 1.54) is 0 Å². The van der Waals surface area contributed by atoms with Crippen LogP contribution in [0.15, 0.2) is 48.7 Å². The highest BCUT2D eigenvalue weighted by atomic mass is 35.5. The van der Waals surface area contributed by atoms with E-state index in [1.807, 2.05) is 13.0 Å². The number of hydrogen-bond donors (Lipinski definition) is 3. The van der Waals surface area contributed by atoms with E-state index < -0.39 is 12.1 Å². The van der Waals surface area contributed by atoms with Crippen LogP contribution in [0, 0.1) is 0 Å². The van der Waals surface area contributed by atoms with Crippen LogP contribution >= 0.6 is 11.6 Å². The summed E-state index contributed by atoms with van der Waals surface area (Å²) in [5, 5.41) is 14.7. The summed E-state index contributed by atoms with van der Waals surface area (Å²) in [7, 11) is 1.79. The summed E-state index contributed by atoms with van der Waals surface area (Å²) >= 11 is 6.32. The molecule has 0 saturated carbocycles. The molecule has 0 radical (unpaired) electrons. The Morgan fingerprint density at radius 2 is 1.89 bits per heavy atom. The maximum atomic E-state index is 12.7. The van der Waals surface area contributed by atoms with Crippen molar-refractivity contribution in [1.82, 2.24) is 9.78 Å². The third-order valence-electron chi connectivity index (χ3n) is 4.41. The average Bonchev–Trinajstić information content (AvgIpc) is 3.16. The Morgan fingerprint density at radius 3 is 2.44 bits per heavy atom. The number of anilines is 1. The number of aryl methyl sites for hydroxylation is 1. The molecule has 0 unspecified atom stereocenters. The molecule has 3 rings (SSSR count). The van der Waals surface area contributed by atoms with Crippen molar-refractivity contribution in [3.05, 3.63) is 59.2 Å². The number of rotatable bonds is 8. The van der Waals surface area contributed by atoms with E-state index >= 15 is 0 Å². The molecule has 2 aromatic carbocycles. The minimum Gasteiger partial charge on any atom is -0.494 e. The fraction of sp³-hybridized carbons (Fsp3) is 0.261. The van der Waals surface area contributed by atoms with Crippen molar-refractivity contribution >= 4 is 29.2 Å². The van der Waals surface area contributed by atoms with Crippen molar-refractivity contribution in [2.24, 2.45) is 12.8 Å². The van der Waals surface area contributed by atoms with E-state index in [0.717, 1.165) is 0 Å². The molecule has 0 aliphatic heterocycles. The van der Waals surface area contributed by atoms with Gasteiger partial charge in [0.05, 0.1) is 23.5 Å². The first kappa shape index (κ1) is 28.5. The zero-order valence-electron chi connectivity index (χ0n) is 19.3. The third kappa shape index (κ3) is 7.89. The number of halogens is 4. The van der Waals surface area contributed by atoms with E-state index in [2.05, 4.69) is 10.4 Å². The fourth-order valence-electron chi connectivity index (χ4n) is 2.90. The zero-order chi connectivity index (χ0) is 26.9. The molecule has 9 nitrogen and oxygen atoms in total. The maximum absolute atomic E-state index is 12.7. The number of carbonyl (C=O) groups is 2. The highest BCUT2D eigenvalue weighted by Gasteiger charge is 2.38. The SMILES string of the molecule is CCOc1cccc(C(=O)Nc2ccc(OCCN)c(-c3c(Cl)cnn3C)c2)c1.O=C(O)C(F)(F)F. The minimum atomic E-state index is -5.08. The third-order valence-corrected chi connectivity index (χ3v) is 4.69. The summed E-state index contributed by atoms with van der Waals surface area (Å²) in [6.07, 6.45) is -3.52. The Labute approximate surface area is 209 Å². The van der Waals surface area contributed by atoms with Gasteiger partial charge in [-0.15, -0.1) is 0 Å². The van der Waals surface area contributed by atoms with E-state index in [0.29, 0.717) is 58.8 Å². The Bertz CT molecular complexity index is 1180. The minimum absolute atomic E-state index is 0.246. The molecule has 4 N–H and O–H groups in total. The van der Waals surface area contributed by atoms with Gasteiger partial charge in [-0.05, 0) is 43.3 Å². The summed E-state index contributed by atoms with van der Waals surface area (Å²) in [6, 6.07) is 12.4. The molecule has 3 aromatic rings. The van der Waals surface area contributed by atoms with Crippen LogP contribution in [0.1, 0.15) is 17.3 Å². The van der Waals surface area contributed by atoms with Gasteiger partial charge in [-0.1, -0.05) is 17.7 Å². The van der Waals surface area contributed by atoms with Crippen molar-refractivity contribution < 1.29 is 37.3 Å². The van der Waals surface area contributed by atoms with Crippen LogP contribution in [-0.4, -0.2) is 52.7 Å². The largest absolute Gasteiger partial charge is 0.494 e. The second kappa shape index (κ2) is 12.8. The van der Waals surface area contributed by atoms with Gasteiger partial charge in [0.25, 0.3) is 5.91 Å². The van der Waals surface area contributed by atoms with Crippen LogP contribution in [0.25, 0.3) is 11.3 Å². The van der Waals surface area contributed by atoms with Gasteiger partial charge in [0.15, 0.2) is 0 Å².